The molecule has 1 unspecified atom stereocenters. The molecule has 1 atom stereocenters. The molecule has 0 bridgehead atoms. The van der Waals surface area contributed by atoms with E-state index in [2.05, 4.69) is 55.4 Å². The first-order chi connectivity index (χ1) is 13.6. The van der Waals surface area contributed by atoms with Gasteiger partial charge in [0.2, 0.25) is 0 Å². The van der Waals surface area contributed by atoms with Crippen LogP contribution in [0.4, 0.5) is 0 Å². The molecule has 5 rings (SSSR count). The zero-order valence-electron chi connectivity index (χ0n) is 15.2. The Morgan fingerprint density at radius 3 is 2.46 bits per heavy atom. The third-order valence-corrected chi connectivity index (χ3v) is 5.83. The fourth-order valence-corrected chi connectivity index (χ4v) is 4.45. The van der Waals surface area contributed by atoms with Gasteiger partial charge in [0.05, 0.1) is 19.2 Å². The van der Waals surface area contributed by atoms with Gasteiger partial charge < -0.3 is 14.2 Å². The quantitative estimate of drug-likeness (QED) is 0.423. The number of fused-ring (bicyclic) bond motifs is 4. The topological polar surface area (TPSA) is 30.1 Å². The number of para-hydroxylation sites is 1. The monoisotopic (exact) mass is 428 g/mol. The minimum Gasteiger partial charge on any atom is -0.389 e. The molecular weight excluding hydrogens is 411 g/mol. The van der Waals surface area contributed by atoms with Gasteiger partial charge in [-0.15, -0.1) is 0 Å². The summed E-state index contributed by atoms with van der Waals surface area (Å²) in [5.41, 5.74) is 4.06. The van der Waals surface area contributed by atoms with Crippen LogP contribution in [0.3, 0.4) is 0 Å². The van der Waals surface area contributed by atoms with E-state index in [1.807, 2.05) is 42.6 Å². The van der Waals surface area contributed by atoms with Gasteiger partial charge in [-0.2, -0.15) is 0 Å². The van der Waals surface area contributed by atoms with Gasteiger partial charge in [-0.05, 0) is 41.8 Å². The Morgan fingerprint density at radius 2 is 1.61 bits per heavy atom. The Balaban J connectivity index is 1.55. The van der Waals surface area contributed by atoms with Gasteiger partial charge in [-0.25, -0.2) is 0 Å². The number of aromatic nitrogens is 2. The molecule has 0 saturated heterocycles. The van der Waals surface area contributed by atoms with Crippen LogP contribution >= 0.6 is 15.9 Å². The second-order valence-electron chi connectivity index (χ2n) is 7.23. The predicted octanol–water partition coefficient (Wildman–Crippen LogP) is 4.37. The molecular formula is C23H18BBrN2O. The van der Waals surface area contributed by atoms with E-state index >= 15 is 0 Å². The van der Waals surface area contributed by atoms with Gasteiger partial charge >= 0.3 is 0 Å². The van der Waals surface area contributed by atoms with Crippen molar-refractivity contribution in [1.82, 2.24) is 9.13 Å². The predicted molar refractivity (Wildman–Crippen MR) is 120 cm³/mol. The highest BCUT2D eigenvalue weighted by molar-refractivity contribution is 9.10. The second kappa shape index (κ2) is 6.84. The van der Waals surface area contributed by atoms with Crippen molar-refractivity contribution in [3.63, 3.8) is 0 Å². The summed E-state index contributed by atoms with van der Waals surface area (Å²) in [6.45, 7) is 1.05. The van der Waals surface area contributed by atoms with Crippen LogP contribution in [0.5, 0.6) is 0 Å². The maximum Gasteiger partial charge on any atom is 0.113 e. The SMILES string of the molecule is [B]c1ccc2c(c1)c1cc(Br)ccc1n2CC(O)Cn1ccc2ccccc21. The first-order valence-electron chi connectivity index (χ1n) is 9.29. The molecule has 3 aromatic carbocycles. The normalized spacial score (nSPS) is 12.9. The molecule has 0 aliphatic carbocycles. The van der Waals surface area contributed by atoms with Gasteiger partial charge in [0.15, 0.2) is 0 Å². The lowest BCUT2D eigenvalue weighted by molar-refractivity contribution is 0.138. The van der Waals surface area contributed by atoms with Crippen LogP contribution in [0.15, 0.2) is 77.4 Å². The molecule has 0 fully saturated rings. The van der Waals surface area contributed by atoms with E-state index in [4.69, 9.17) is 7.85 Å². The van der Waals surface area contributed by atoms with E-state index in [9.17, 15) is 5.11 Å². The van der Waals surface area contributed by atoms with E-state index in [1.54, 1.807) is 0 Å². The average molecular weight is 429 g/mol. The van der Waals surface area contributed by atoms with E-state index in [0.717, 1.165) is 37.3 Å². The number of rotatable bonds is 4. The minimum atomic E-state index is -0.518. The molecule has 2 aromatic heterocycles. The van der Waals surface area contributed by atoms with Crippen LogP contribution in [0.1, 0.15) is 0 Å². The standard InChI is InChI=1S/C23H18BBrN2O/c24-16-5-7-22-19(11-16)20-12-17(25)6-8-23(20)27(22)14-18(28)13-26-10-9-15-3-1-2-4-21(15)26/h1-12,18,28H,13-14H2. The maximum absolute atomic E-state index is 10.9. The lowest BCUT2D eigenvalue weighted by Gasteiger charge is -2.16. The van der Waals surface area contributed by atoms with E-state index in [-0.39, 0.29) is 0 Å². The molecule has 5 aromatic rings. The maximum atomic E-state index is 10.9. The Morgan fingerprint density at radius 1 is 0.857 bits per heavy atom. The highest BCUT2D eigenvalue weighted by Gasteiger charge is 2.15. The zero-order chi connectivity index (χ0) is 19.3. The highest BCUT2D eigenvalue weighted by Crippen LogP contribution is 2.31. The van der Waals surface area contributed by atoms with Crippen LogP contribution in [0.2, 0.25) is 0 Å². The molecule has 0 aliphatic rings. The van der Waals surface area contributed by atoms with Crippen molar-refractivity contribution in [2.75, 3.05) is 0 Å². The summed E-state index contributed by atoms with van der Waals surface area (Å²) >= 11 is 3.57. The van der Waals surface area contributed by atoms with Gasteiger partial charge in [0.1, 0.15) is 7.85 Å². The lowest BCUT2D eigenvalue weighted by Crippen LogP contribution is -2.21. The summed E-state index contributed by atoms with van der Waals surface area (Å²) in [7, 11) is 6.03. The van der Waals surface area contributed by atoms with Gasteiger partial charge in [-0.3, -0.25) is 0 Å². The number of aliphatic hydroxyl groups excluding tert-OH is 1. The molecule has 28 heavy (non-hydrogen) atoms. The summed E-state index contributed by atoms with van der Waals surface area (Å²) in [5, 5.41) is 14.3. The fourth-order valence-electron chi connectivity index (χ4n) is 4.09. The molecule has 1 N–H and O–H groups in total. The lowest BCUT2D eigenvalue weighted by atomic mass is 9.94. The molecule has 0 saturated carbocycles. The molecule has 5 heteroatoms. The number of hydrogen-bond donors (Lipinski definition) is 1. The van der Waals surface area contributed by atoms with E-state index in [0.29, 0.717) is 13.1 Å². The van der Waals surface area contributed by atoms with Crippen molar-refractivity contribution in [3.05, 3.63) is 77.4 Å². The Hall–Kier alpha value is -2.50. The van der Waals surface area contributed by atoms with Crippen LogP contribution < -0.4 is 5.46 Å². The van der Waals surface area contributed by atoms with Gasteiger partial charge in [0, 0.05) is 38.0 Å². The molecule has 0 amide bonds. The van der Waals surface area contributed by atoms with Crippen LogP contribution in [-0.2, 0) is 13.1 Å². The molecule has 0 spiro atoms. The summed E-state index contributed by atoms with van der Waals surface area (Å²) in [6.07, 6.45) is 1.52. The Labute approximate surface area is 172 Å². The smallest absolute Gasteiger partial charge is 0.113 e. The number of benzene rings is 3. The van der Waals surface area contributed by atoms with Gasteiger partial charge in [-0.1, -0.05) is 51.7 Å². The Bertz CT molecular complexity index is 1260. The second-order valence-corrected chi connectivity index (χ2v) is 8.15. The largest absolute Gasteiger partial charge is 0.389 e. The van der Waals surface area contributed by atoms with Crippen molar-refractivity contribution in [1.29, 1.82) is 0 Å². The van der Waals surface area contributed by atoms with E-state index in [1.165, 1.54) is 5.39 Å². The van der Waals surface area contributed by atoms with Crippen molar-refractivity contribution in [2.45, 2.75) is 19.2 Å². The summed E-state index contributed by atoms with van der Waals surface area (Å²) in [6, 6.07) is 22.5. The van der Waals surface area contributed by atoms with Crippen molar-refractivity contribution >= 4 is 61.9 Å². The number of aliphatic hydroxyl groups is 1. The van der Waals surface area contributed by atoms with Crippen LogP contribution in [0.25, 0.3) is 32.7 Å². The Kier molecular flexibility index (Phi) is 4.29. The fraction of sp³-hybridized carbons (Fsp3) is 0.130. The van der Waals surface area contributed by atoms with Gasteiger partial charge in [0.25, 0.3) is 0 Å². The van der Waals surface area contributed by atoms with Crippen LogP contribution in [-0.4, -0.2) is 28.2 Å². The molecule has 0 aliphatic heterocycles. The minimum absolute atomic E-state index is 0.512. The summed E-state index contributed by atoms with van der Waals surface area (Å²) < 4.78 is 5.33. The third kappa shape index (κ3) is 2.95. The number of halogens is 1. The first kappa shape index (κ1) is 17.6. The molecule has 3 nitrogen and oxygen atoms in total. The summed E-state index contributed by atoms with van der Waals surface area (Å²) in [5.74, 6) is 0. The molecule has 2 heterocycles. The highest BCUT2D eigenvalue weighted by atomic mass is 79.9. The molecule has 2 radical (unpaired) electrons. The third-order valence-electron chi connectivity index (χ3n) is 5.33. The zero-order valence-corrected chi connectivity index (χ0v) is 16.8. The summed E-state index contributed by atoms with van der Waals surface area (Å²) in [4.78, 5) is 0. The average Bonchev–Trinajstić information content (AvgIpc) is 3.21. The van der Waals surface area contributed by atoms with Crippen LogP contribution in [0, 0.1) is 0 Å². The number of nitrogens with zero attached hydrogens (tertiary/aromatic N) is 2. The van der Waals surface area contributed by atoms with E-state index < -0.39 is 6.10 Å². The number of hydrogen-bond acceptors (Lipinski definition) is 1. The molecule has 136 valence electrons. The van der Waals surface area contributed by atoms with Crippen molar-refractivity contribution in [3.8, 4) is 0 Å². The first-order valence-corrected chi connectivity index (χ1v) is 10.1. The van der Waals surface area contributed by atoms with Crippen molar-refractivity contribution in [2.24, 2.45) is 0 Å². The van der Waals surface area contributed by atoms with Crippen molar-refractivity contribution < 1.29 is 5.11 Å².